The number of pyridine rings is 1. The Kier molecular flexibility index (Phi) is 6.46. The Balaban J connectivity index is 1.38. The quantitative estimate of drug-likeness (QED) is 0.668. The summed E-state index contributed by atoms with van der Waals surface area (Å²) < 4.78 is 1.85. The first-order valence-electron chi connectivity index (χ1n) is 10.9. The topological polar surface area (TPSA) is 67.2 Å². The molecule has 0 radical (unpaired) electrons. The van der Waals surface area contributed by atoms with Gasteiger partial charge in [0.2, 0.25) is 5.91 Å². The Bertz CT molecular complexity index is 1030. The Morgan fingerprint density at radius 2 is 1.90 bits per heavy atom. The van der Waals surface area contributed by atoms with Gasteiger partial charge in [-0.2, -0.15) is 0 Å². The SMILES string of the molecule is CCc1ccc(CNC(=O)C2CCCN(C(=O)c3cccn3-c3cccnc3)C2)cc1. The third-order valence-corrected chi connectivity index (χ3v) is 5.87. The Labute approximate surface area is 182 Å². The molecule has 31 heavy (non-hydrogen) atoms. The number of nitrogens with zero attached hydrogens (tertiary/aromatic N) is 3. The Hall–Kier alpha value is -3.41. The maximum atomic E-state index is 13.2. The summed E-state index contributed by atoms with van der Waals surface area (Å²) in [6, 6.07) is 15.8. The van der Waals surface area contributed by atoms with Gasteiger partial charge in [0.05, 0.1) is 17.8 Å². The van der Waals surface area contributed by atoms with Crippen molar-refractivity contribution in [1.82, 2.24) is 19.8 Å². The minimum atomic E-state index is -0.186. The van der Waals surface area contributed by atoms with E-state index >= 15 is 0 Å². The molecule has 3 heterocycles. The zero-order chi connectivity index (χ0) is 21.6. The van der Waals surface area contributed by atoms with Crippen LogP contribution in [-0.4, -0.2) is 39.4 Å². The highest BCUT2D eigenvalue weighted by Gasteiger charge is 2.30. The van der Waals surface area contributed by atoms with E-state index in [1.54, 1.807) is 17.3 Å². The van der Waals surface area contributed by atoms with E-state index in [1.807, 2.05) is 35.0 Å². The van der Waals surface area contributed by atoms with E-state index in [4.69, 9.17) is 0 Å². The number of hydrogen-bond acceptors (Lipinski definition) is 3. The monoisotopic (exact) mass is 416 g/mol. The average Bonchev–Trinajstić information content (AvgIpc) is 3.33. The maximum absolute atomic E-state index is 13.2. The van der Waals surface area contributed by atoms with Crippen LogP contribution in [0.15, 0.2) is 67.1 Å². The molecule has 1 aliphatic rings. The number of piperidine rings is 1. The lowest BCUT2D eigenvalue weighted by atomic mass is 9.96. The molecule has 1 aliphatic heterocycles. The number of aryl methyl sites for hydroxylation is 1. The zero-order valence-electron chi connectivity index (χ0n) is 17.8. The molecule has 1 atom stereocenters. The van der Waals surface area contributed by atoms with Crippen LogP contribution in [0, 0.1) is 5.92 Å². The van der Waals surface area contributed by atoms with Crippen LogP contribution < -0.4 is 5.32 Å². The van der Waals surface area contributed by atoms with Crippen LogP contribution in [0.2, 0.25) is 0 Å². The molecule has 0 spiro atoms. The molecule has 1 unspecified atom stereocenters. The first-order chi connectivity index (χ1) is 15.2. The fourth-order valence-corrected chi connectivity index (χ4v) is 4.04. The summed E-state index contributed by atoms with van der Waals surface area (Å²) in [5, 5.41) is 3.05. The van der Waals surface area contributed by atoms with E-state index in [0.717, 1.165) is 30.5 Å². The van der Waals surface area contributed by atoms with Crippen LogP contribution in [0.3, 0.4) is 0 Å². The summed E-state index contributed by atoms with van der Waals surface area (Å²) >= 11 is 0. The number of carbonyl (C=O) groups excluding carboxylic acids is 2. The van der Waals surface area contributed by atoms with Crippen molar-refractivity contribution < 1.29 is 9.59 Å². The van der Waals surface area contributed by atoms with Gasteiger partial charge in [0.25, 0.3) is 5.91 Å². The van der Waals surface area contributed by atoms with Gasteiger partial charge in [-0.05, 0) is 54.7 Å². The third kappa shape index (κ3) is 4.85. The molecule has 6 heteroatoms. The molecular formula is C25H28N4O2. The number of nitrogens with one attached hydrogen (secondary N) is 1. The molecule has 1 N–H and O–H groups in total. The highest BCUT2D eigenvalue weighted by molar-refractivity contribution is 5.94. The average molecular weight is 417 g/mol. The van der Waals surface area contributed by atoms with Gasteiger partial charge in [-0.3, -0.25) is 14.6 Å². The number of amides is 2. The summed E-state index contributed by atoms with van der Waals surface area (Å²) in [7, 11) is 0. The van der Waals surface area contributed by atoms with Crippen molar-refractivity contribution in [2.24, 2.45) is 5.92 Å². The summed E-state index contributed by atoms with van der Waals surface area (Å²) in [6.45, 7) is 3.74. The van der Waals surface area contributed by atoms with E-state index in [1.165, 1.54) is 5.56 Å². The molecule has 160 valence electrons. The van der Waals surface area contributed by atoms with Crippen LogP contribution in [0.25, 0.3) is 5.69 Å². The van der Waals surface area contributed by atoms with Gasteiger partial charge in [0.15, 0.2) is 0 Å². The number of rotatable bonds is 6. The molecule has 3 aromatic rings. The Morgan fingerprint density at radius 1 is 1.10 bits per heavy atom. The molecule has 2 aromatic heterocycles. The normalized spacial score (nSPS) is 16.2. The first kappa shape index (κ1) is 20.8. The van der Waals surface area contributed by atoms with E-state index in [0.29, 0.717) is 25.3 Å². The highest BCUT2D eigenvalue weighted by atomic mass is 16.2. The van der Waals surface area contributed by atoms with E-state index in [-0.39, 0.29) is 17.7 Å². The van der Waals surface area contributed by atoms with Crippen LogP contribution in [0.5, 0.6) is 0 Å². The second-order valence-corrected chi connectivity index (χ2v) is 7.95. The Morgan fingerprint density at radius 3 is 2.65 bits per heavy atom. The van der Waals surface area contributed by atoms with Gasteiger partial charge < -0.3 is 14.8 Å². The number of benzene rings is 1. The number of carbonyl (C=O) groups is 2. The van der Waals surface area contributed by atoms with Gasteiger partial charge >= 0.3 is 0 Å². The highest BCUT2D eigenvalue weighted by Crippen LogP contribution is 2.21. The van der Waals surface area contributed by atoms with Crippen molar-refractivity contribution in [1.29, 1.82) is 0 Å². The standard InChI is InChI=1S/C25H28N4O2/c1-2-19-9-11-20(12-10-19)16-27-24(30)21-6-4-14-28(18-21)25(31)23-8-5-15-29(23)22-7-3-13-26-17-22/h3,5,7-13,15,17,21H,2,4,6,14,16,18H2,1H3,(H,27,30). The molecule has 0 bridgehead atoms. The van der Waals surface area contributed by atoms with Gasteiger partial charge in [-0.25, -0.2) is 0 Å². The van der Waals surface area contributed by atoms with Gasteiger partial charge in [-0.1, -0.05) is 31.2 Å². The van der Waals surface area contributed by atoms with Crippen LogP contribution in [0.4, 0.5) is 0 Å². The lowest BCUT2D eigenvalue weighted by Gasteiger charge is -2.32. The zero-order valence-corrected chi connectivity index (χ0v) is 17.8. The van der Waals surface area contributed by atoms with Crippen molar-refractivity contribution in [2.75, 3.05) is 13.1 Å². The van der Waals surface area contributed by atoms with Crippen molar-refractivity contribution in [3.05, 3.63) is 83.9 Å². The maximum Gasteiger partial charge on any atom is 0.270 e. The van der Waals surface area contributed by atoms with Crippen LogP contribution in [0.1, 0.15) is 41.4 Å². The molecule has 0 aliphatic carbocycles. The summed E-state index contributed by atoms with van der Waals surface area (Å²) in [5.41, 5.74) is 3.80. The molecule has 2 amide bonds. The van der Waals surface area contributed by atoms with E-state index in [2.05, 4.69) is 41.5 Å². The molecule has 4 rings (SSSR count). The van der Waals surface area contributed by atoms with Crippen molar-refractivity contribution >= 4 is 11.8 Å². The van der Waals surface area contributed by atoms with Crippen LogP contribution >= 0.6 is 0 Å². The summed E-state index contributed by atoms with van der Waals surface area (Å²) in [4.78, 5) is 31.9. The van der Waals surface area contributed by atoms with Gasteiger partial charge in [-0.15, -0.1) is 0 Å². The number of likely N-dealkylation sites (tertiary alicyclic amines) is 1. The van der Waals surface area contributed by atoms with Crippen LogP contribution in [-0.2, 0) is 17.8 Å². The van der Waals surface area contributed by atoms with E-state index in [9.17, 15) is 9.59 Å². The molecule has 1 aromatic carbocycles. The summed E-state index contributed by atoms with van der Waals surface area (Å²) in [6.07, 6.45) is 7.93. The third-order valence-electron chi connectivity index (χ3n) is 5.87. The second kappa shape index (κ2) is 9.60. The minimum Gasteiger partial charge on any atom is -0.352 e. The van der Waals surface area contributed by atoms with Gasteiger partial charge in [0, 0.05) is 32.0 Å². The van der Waals surface area contributed by atoms with Crippen molar-refractivity contribution in [3.8, 4) is 5.69 Å². The molecule has 0 saturated carbocycles. The first-order valence-corrected chi connectivity index (χ1v) is 10.9. The van der Waals surface area contributed by atoms with Crippen molar-refractivity contribution in [2.45, 2.75) is 32.7 Å². The van der Waals surface area contributed by atoms with Crippen molar-refractivity contribution in [3.63, 3.8) is 0 Å². The minimum absolute atomic E-state index is 0.0136. The lowest BCUT2D eigenvalue weighted by molar-refractivity contribution is -0.126. The predicted octanol–water partition coefficient (Wildman–Crippen LogP) is 3.60. The number of hydrogen-bond donors (Lipinski definition) is 1. The largest absolute Gasteiger partial charge is 0.352 e. The molecular weight excluding hydrogens is 388 g/mol. The fraction of sp³-hybridized carbons (Fsp3) is 0.320. The summed E-state index contributed by atoms with van der Waals surface area (Å²) in [5.74, 6) is -0.226. The number of aromatic nitrogens is 2. The smallest absolute Gasteiger partial charge is 0.270 e. The van der Waals surface area contributed by atoms with E-state index < -0.39 is 0 Å². The molecule has 6 nitrogen and oxygen atoms in total. The lowest BCUT2D eigenvalue weighted by Crippen LogP contribution is -2.45. The molecule has 1 saturated heterocycles. The predicted molar refractivity (Wildman–Crippen MR) is 120 cm³/mol. The second-order valence-electron chi connectivity index (χ2n) is 7.95. The molecule has 1 fully saturated rings. The van der Waals surface area contributed by atoms with Gasteiger partial charge in [0.1, 0.15) is 5.69 Å². The fourth-order valence-electron chi connectivity index (χ4n) is 4.04.